The van der Waals surface area contributed by atoms with Crippen LogP contribution >= 0.6 is 0 Å². The first-order valence-corrected chi connectivity index (χ1v) is 19.3. The standard InChI is InChI=1S/C52H33N5/c1-4-14-34(15-5-1)35-24-26-36(27-25-35)50-41-21-10-12-22-45(41)53-52(54-50)57-49-33-48-43(39-20-11-13-23-47(39)56(48)38-18-8-3-9-19-38)32-44(49)40-28-29-46-42(51(40)57)30-31-55(46)37-16-6-2-7-17-37/h1-33H. The predicted octanol–water partition coefficient (Wildman–Crippen LogP) is 13.1. The van der Waals surface area contributed by atoms with E-state index in [1.165, 1.54) is 27.4 Å². The van der Waals surface area contributed by atoms with Crippen LogP contribution < -0.4 is 0 Å². The highest BCUT2D eigenvalue weighted by Gasteiger charge is 2.23. The molecule has 0 saturated heterocycles. The minimum atomic E-state index is 0.637. The molecule has 12 rings (SSSR count). The second-order valence-corrected chi connectivity index (χ2v) is 14.7. The second-order valence-electron chi connectivity index (χ2n) is 14.7. The number of para-hydroxylation sites is 4. The van der Waals surface area contributed by atoms with Crippen LogP contribution in [0.25, 0.3) is 105 Å². The van der Waals surface area contributed by atoms with Gasteiger partial charge in [-0.3, -0.25) is 4.57 Å². The van der Waals surface area contributed by atoms with Crippen LogP contribution in [0.5, 0.6) is 0 Å². The summed E-state index contributed by atoms with van der Waals surface area (Å²) in [6, 6.07) is 69.1. The molecule has 4 aromatic heterocycles. The Bertz CT molecular complexity index is 3490. The molecule has 0 saturated carbocycles. The molecule has 12 aromatic rings. The molecule has 57 heavy (non-hydrogen) atoms. The highest BCUT2D eigenvalue weighted by molar-refractivity contribution is 6.23. The monoisotopic (exact) mass is 727 g/mol. The molecule has 0 spiro atoms. The number of nitrogens with zero attached hydrogens (tertiary/aromatic N) is 5. The van der Waals surface area contributed by atoms with Crippen molar-refractivity contribution in [2.45, 2.75) is 0 Å². The van der Waals surface area contributed by atoms with E-state index in [0.29, 0.717) is 5.95 Å². The van der Waals surface area contributed by atoms with Gasteiger partial charge in [0.15, 0.2) is 0 Å². The summed E-state index contributed by atoms with van der Waals surface area (Å²) < 4.78 is 6.96. The van der Waals surface area contributed by atoms with Crippen LogP contribution in [0.1, 0.15) is 0 Å². The Morgan fingerprint density at radius 3 is 1.74 bits per heavy atom. The van der Waals surface area contributed by atoms with Gasteiger partial charge in [-0.05, 0) is 71.8 Å². The first-order valence-electron chi connectivity index (χ1n) is 19.3. The molecule has 0 radical (unpaired) electrons. The van der Waals surface area contributed by atoms with Crippen molar-refractivity contribution < 1.29 is 0 Å². The van der Waals surface area contributed by atoms with Crippen molar-refractivity contribution in [2.75, 3.05) is 0 Å². The lowest BCUT2D eigenvalue weighted by Gasteiger charge is -2.13. The number of benzene rings is 8. The summed E-state index contributed by atoms with van der Waals surface area (Å²) in [7, 11) is 0. The normalized spacial score (nSPS) is 11.9. The molecule has 0 atom stereocenters. The molecule has 8 aromatic carbocycles. The van der Waals surface area contributed by atoms with Crippen LogP contribution in [0, 0.1) is 0 Å². The van der Waals surface area contributed by atoms with Crippen LogP contribution in [-0.2, 0) is 0 Å². The lowest BCUT2D eigenvalue weighted by Crippen LogP contribution is -2.04. The van der Waals surface area contributed by atoms with E-state index in [1.807, 2.05) is 0 Å². The van der Waals surface area contributed by atoms with Crippen molar-refractivity contribution in [1.82, 2.24) is 23.7 Å². The van der Waals surface area contributed by atoms with Gasteiger partial charge in [0.05, 0.1) is 38.8 Å². The zero-order valence-electron chi connectivity index (χ0n) is 30.8. The third-order valence-electron chi connectivity index (χ3n) is 11.5. The van der Waals surface area contributed by atoms with Crippen LogP contribution in [0.2, 0.25) is 0 Å². The van der Waals surface area contributed by atoms with E-state index in [4.69, 9.17) is 9.97 Å². The minimum Gasteiger partial charge on any atom is -0.316 e. The van der Waals surface area contributed by atoms with E-state index in [1.54, 1.807) is 0 Å². The fourth-order valence-corrected chi connectivity index (χ4v) is 8.90. The Hall–Kier alpha value is -7.76. The number of hydrogen-bond acceptors (Lipinski definition) is 2. The number of hydrogen-bond donors (Lipinski definition) is 0. The second kappa shape index (κ2) is 12.4. The predicted molar refractivity (Wildman–Crippen MR) is 236 cm³/mol. The molecule has 0 N–H and O–H groups in total. The van der Waals surface area contributed by atoms with Gasteiger partial charge in [0.25, 0.3) is 0 Å². The fourth-order valence-electron chi connectivity index (χ4n) is 8.90. The molecule has 0 amide bonds. The third kappa shape index (κ3) is 4.82. The Kier molecular flexibility index (Phi) is 6.86. The summed E-state index contributed by atoms with van der Waals surface area (Å²) in [5.74, 6) is 0.637. The van der Waals surface area contributed by atoms with Crippen molar-refractivity contribution in [1.29, 1.82) is 0 Å². The Balaban J connectivity index is 1.19. The summed E-state index contributed by atoms with van der Waals surface area (Å²) in [5, 5.41) is 6.90. The van der Waals surface area contributed by atoms with E-state index in [9.17, 15) is 0 Å². The first kappa shape index (κ1) is 31.6. The summed E-state index contributed by atoms with van der Waals surface area (Å²) >= 11 is 0. The van der Waals surface area contributed by atoms with Gasteiger partial charge < -0.3 is 9.13 Å². The van der Waals surface area contributed by atoms with Gasteiger partial charge in [-0.25, -0.2) is 9.97 Å². The van der Waals surface area contributed by atoms with E-state index in [2.05, 4.69) is 214 Å². The maximum Gasteiger partial charge on any atom is 0.235 e. The summed E-state index contributed by atoms with van der Waals surface area (Å²) in [6.45, 7) is 0. The van der Waals surface area contributed by atoms with Crippen LogP contribution in [0.3, 0.4) is 0 Å². The number of rotatable bonds is 5. The number of fused-ring (bicyclic) bond motifs is 9. The zero-order valence-corrected chi connectivity index (χ0v) is 30.8. The van der Waals surface area contributed by atoms with E-state index < -0.39 is 0 Å². The van der Waals surface area contributed by atoms with Crippen LogP contribution in [0.15, 0.2) is 200 Å². The minimum absolute atomic E-state index is 0.637. The van der Waals surface area contributed by atoms with Gasteiger partial charge >= 0.3 is 0 Å². The molecule has 4 heterocycles. The van der Waals surface area contributed by atoms with Crippen molar-refractivity contribution in [3.8, 4) is 39.7 Å². The molecule has 5 heteroatoms. The van der Waals surface area contributed by atoms with Gasteiger partial charge in [0, 0.05) is 55.5 Å². The van der Waals surface area contributed by atoms with Gasteiger partial charge in [-0.15, -0.1) is 0 Å². The van der Waals surface area contributed by atoms with Crippen LogP contribution in [-0.4, -0.2) is 23.7 Å². The molecular weight excluding hydrogens is 695 g/mol. The lowest BCUT2D eigenvalue weighted by molar-refractivity contribution is 1.02. The van der Waals surface area contributed by atoms with Gasteiger partial charge in [-0.1, -0.05) is 133 Å². The zero-order chi connectivity index (χ0) is 37.5. The first-order chi connectivity index (χ1) is 28.3. The fraction of sp³-hybridized carbons (Fsp3) is 0. The van der Waals surface area contributed by atoms with Crippen molar-refractivity contribution in [3.63, 3.8) is 0 Å². The van der Waals surface area contributed by atoms with Crippen LogP contribution in [0.4, 0.5) is 0 Å². The Labute approximate surface area is 328 Å². The van der Waals surface area contributed by atoms with Crippen molar-refractivity contribution in [3.05, 3.63) is 200 Å². The number of aromatic nitrogens is 5. The third-order valence-corrected chi connectivity index (χ3v) is 11.5. The summed E-state index contributed by atoms with van der Waals surface area (Å²) in [6.07, 6.45) is 2.18. The smallest absolute Gasteiger partial charge is 0.235 e. The molecule has 0 bridgehead atoms. The Morgan fingerprint density at radius 2 is 0.947 bits per heavy atom. The molecule has 5 nitrogen and oxygen atoms in total. The highest BCUT2D eigenvalue weighted by Crippen LogP contribution is 2.42. The largest absolute Gasteiger partial charge is 0.316 e. The topological polar surface area (TPSA) is 40.6 Å². The van der Waals surface area contributed by atoms with Gasteiger partial charge in [0.1, 0.15) is 0 Å². The van der Waals surface area contributed by atoms with E-state index >= 15 is 0 Å². The molecule has 266 valence electrons. The van der Waals surface area contributed by atoms with Crippen molar-refractivity contribution in [2.24, 2.45) is 0 Å². The van der Waals surface area contributed by atoms with Gasteiger partial charge in [-0.2, -0.15) is 0 Å². The Morgan fingerprint density at radius 1 is 0.333 bits per heavy atom. The average molecular weight is 728 g/mol. The highest BCUT2D eigenvalue weighted by atomic mass is 15.2. The molecule has 0 unspecified atom stereocenters. The average Bonchev–Trinajstić information content (AvgIpc) is 3.96. The molecule has 0 fully saturated rings. The molecule has 0 aliphatic carbocycles. The van der Waals surface area contributed by atoms with E-state index in [-0.39, 0.29) is 0 Å². The lowest BCUT2D eigenvalue weighted by atomic mass is 10.0. The SMILES string of the molecule is c1ccc(-c2ccc(-c3nc(-n4c5cc6c(cc5c5ccc7c(ccn7-c7ccccc7)c54)c4ccccc4n6-c4ccccc4)nc4ccccc34)cc2)cc1. The maximum absolute atomic E-state index is 5.53. The molecule has 0 aliphatic rings. The van der Waals surface area contributed by atoms with Gasteiger partial charge in [0.2, 0.25) is 5.95 Å². The summed E-state index contributed by atoms with van der Waals surface area (Å²) in [4.78, 5) is 10.9. The van der Waals surface area contributed by atoms with Crippen molar-refractivity contribution >= 4 is 65.4 Å². The summed E-state index contributed by atoms with van der Waals surface area (Å²) in [5.41, 5.74) is 13.0. The molecule has 0 aliphatic heterocycles. The maximum atomic E-state index is 5.53. The quantitative estimate of drug-likeness (QED) is 0.177. The van der Waals surface area contributed by atoms with E-state index in [0.717, 1.165) is 71.8 Å². The molecular formula is C52H33N5.